The number of rotatable bonds is 4. The van der Waals surface area contributed by atoms with Gasteiger partial charge in [-0.1, -0.05) is 12.1 Å². The predicted molar refractivity (Wildman–Crippen MR) is 73.0 cm³/mol. The number of aryl methyl sites for hydroxylation is 2. The highest BCUT2D eigenvalue weighted by Gasteiger charge is 2.11. The van der Waals surface area contributed by atoms with Crippen LogP contribution < -0.4 is 0 Å². The summed E-state index contributed by atoms with van der Waals surface area (Å²) < 4.78 is 13.3. The van der Waals surface area contributed by atoms with Crippen molar-refractivity contribution in [2.45, 2.75) is 19.3 Å². The third-order valence-corrected chi connectivity index (χ3v) is 3.78. The first-order chi connectivity index (χ1) is 8.13. The number of hydrogen-bond donors (Lipinski definition) is 0. The fraction of sp³-hybridized carbons (Fsp3) is 0.417. The average molecular weight is 271 g/mol. The number of nitrogens with zero attached hydrogens (tertiary/aromatic N) is 2. The highest BCUT2D eigenvalue weighted by molar-refractivity contribution is 7.84. The van der Waals surface area contributed by atoms with Gasteiger partial charge in [-0.2, -0.15) is 0 Å². The number of fused-ring (bicyclic) bond motifs is 1. The Bertz CT molecular complexity index is 565. The molecular weight excluding hydrogens is 256 g/mol. The van der Waals surface area contributed by atoms with Crippen LogP contribution in [0.5, 0.6) is 0 Å². The number of aromatic nitrogens is 2. The molecule has 1 atom stereocenters. The van der Waals surface area contributed by atoms with Gasteiger partial charge in [-0.15, -0.1) is 11.6 Å². The third-order valence-electron chi connectivity index (χ3n) is 2.78. The van der Waals surface area contributed by atoms with E-state index in [0.717, 1.165) is 22.4 Å². The molecule has 2 rings (SSSR count). The maximum absolute atomic E-state index is 11.2. The van der Waals surface area contributed by atoms with Crippen LogP contribution in [0.15, 0.2) is 18.2 Å². The van der Waals surface area contributed by atoms with Gasteiger partial charge >= 0.3 is 0 Å². The number of halogens is 1. The van der Waals surface area contributed by atoms with E-state index in [0.29, 0.717) is 18.2 Å². The Balaban J connectivity index is 2.51. The van der Waals surface area contributed by atoms with Gasteiger partial charge in [-0.25, -0.2) is 4.98 Å². The van der Waals surface area contributed by atoms with Crippen molar-refractivity contribution in [3.05, 3.63) is 29.6 Å². The summed E-state index contributed by atoms with van der Waals surface area (Å²) in [6.07, 6.45) is 1.71. The largest absolute Gasteiger partial charge is 0.326 e. The Hall–Kier alpha value is -0.870. The lowest BCUT2D eigenvalue weighted by Gasteiger charge is -2.06. The Morgan fingerprint density at radius 2 is 2.24 bits per heavy atom. The summed E-state index contributed by atoms with van der Waals surface area (Å²) in [4.78, 5) is 4.54. The normalized spacial score (nSPS) is 13.1. The molecule has 1 unspecified atom stereocenters. The molecule has 0 saturated carbocycles. The van der Waals surface area contributed by atoms with E-state index in [1.807, 2.05) is 25.1 Å². The van der Waals surface area contributed by atoms with Gasteiger partial charge < -0.3 is 4.57 Å². The molecule has 0 fully saturated rings. The monoisotopic (exact) mass is 270 g/mol. The lowest BCUT2D eigenvalue weighted by atomic mass is 10.2. The average Bonchev–Trinajstić information content (AvgIpc) is 2.66. The van der Waals surface area contributed by atoms with Crippen molar-refractivity contribution in [1.82, 2.24) is 9.55 Å². The zero-order valence-electron chi connectivity index (χ0n) is 9.94. The molecule has 0 N–H and O–H groups in total. The van der Waals surface area contributed by atoms with Crippen molar-refractivity contribution < 1.29 is 4.21 Å². The minimum Gasteiger partial charge on any atom is -0.326 e. The van der Waals surface area contributed by atoms with Crippen molar-refractivity contribution in [1.29, 1.82) is 0 Å². The smallest absolute Gasteiger partial charge is 0.124 e. The van der Waals surface area contributed by atoms with E-state index in [2.05, 4.69) is 9.55 Å². The number of benzene rings is 1. The molecule has 0 aliphatic heterocycles. The Kier molecular flexibility index (Phi) is 3.84. The van der Waals surface area contributed by atoms with Crippen LogP contribution in [0.25, 0.3) is 11.0 Å². The molecule has 0 bridgehead atoms. The van der Waals surface area contributed by atoms with Gasteiger partial charge in [0.2, 0.25) is 0 Å². The first-order valence-corrected chi connectivity index (χ1v) is 7.70. The summed E-state index contributed by atoms with van der Waals surface area (Å²) in [7, 11) is -0.800. The number of hydrogen-bond acceptors (Lipinski definition) is 2. The van der Waals surface area contributed by atoms with Crippen LogP contribution in [0, 0.1) is 6.92 Å². The highest BCUT2D eigenvalue weighted by atomic mass is 35.5. The summed E-state index contributed by atoms with van der Waals surface area (Å²) in [6.45, 7) is 2.74. The quantitative estimate of drug-likeness (QED) is 0.800. The SMILES string of the molecule is Cc1cccc2c1nc(CCl)n2CCS(C)=O. The number of para-hydroxylation sites is 1. The summed E-state index contributed by atoms with van der Waals surface area (Å²) in [5.74, 6) is 1.86. The molecule has 3 nitrogen and oxygen atoms in total. The maximum Gasteiger partial charge on any atom is 0.124 e. The fourth-order valence-corrected chi connectivity index (χ4v) is 2.55. The predicted octanol–water partition coefficient (Wildman–Crippen LogP) is 2.46. The Labute approximate surface area is 108 Å². The summed E-state index contributed by atoms with van der Waals surface area (Å²) in [6, 6.07) is 6.08. The lowest BCUT2D eigenvalue weighted by molar-refractivity contribution is 0.676. The first kappa shape index (κ1) is 12.6. The molecule has 1 heterocycles. The van der Waals surface area contributed by atoms with Crippen molar-refractivity contribution in [3.63, 3.8) is 0 Å². The Morgan fingerprint density at radius 1 is 1.47 bits per heavy atom. The van der Waals surface area contributed by atoms with Crippen LogP contribution in [0.1, 0.15) is 11.4 Å². The number of alkyl halides is 1. The molecule has 0 spiro atoms. The topological polar surface area (TPSA) is 34.9 Å². The number of imidazole rings is 1. The molecule has 2 aromatic rings. The van der Waals surface area contributed by atoms with E-state index in [-0.39, 0.29) is 0 Å². The molecule has 0 amide bonds. The van der Waals surface area contributed by atoms with Gasteiger partial charge in [0, 0.05) is 29.4 Å². The standard InChI is InChI=1S/C12H15ClN2OS/c1-9-4-3-5-10-12(9)14-11(8-13)15(10)6-7-17(2)16/h3-5H,6-8H2,1-2H3. The molecule has 5 heteroatoms. The minimum absolute atomic E-state index is 0.379. The van der Waals surface area contributed by atoms with Gasteiger partial charge in [-0.3, -0.25) is 4.21 Å². The molecule has 0 aliphatic carbocycles. The molecule has 0 saturated heterocycles. The van der Waals surface area contributed by atoms with E-state index in [1.165, 1.54) is 0 Å². The second-order valence-corrected chi connectivity index (χ2v) is 5.86. The minimum atomic E-state index is -0.800. The molecular formula is C12H15ClN2OS. The summed E-state index contributed by atoms with van der Waals surface area (Å²) in [5.41, 5.74) is 3.21. The molecule has 92 valence electrons. The van der Waals surface area contributed by atoms with Gasteiger partial charge in [0.05, 0.1) is 16.9 Å². The van der Waals surface area contributed by atoms with Crippen LogP contribution in [0.2, 0.25) is 0 Å². The van der Waals surface area contributed by atoms with Crippen molar-refractivity contribution in [3.8, 4) is 0 Å². The molecule has 0 radical (unpaired) electrons. The lowest BCUT2D eigenvalue weighted by Crippen LogP contribution is -2.09. The highest BCUT2D eigenvalue weighted by Crippen LogP contribution is 2.20. The van der Waals surface area contributed by atoms with Crippen LogP contribution in [0.4, 0.5) is 0 Å². The second-order valence-electron chi connectivity index (χ2n) is 4.03. The third kappa shape index (κ3) is 2.53. The van der Waals surface area contributed by atoms with Gasteiger partial charge in [0.25, 0.3) is 0 Å². The summed E-state index contributed by atoms with van der Waals surface area (Å²) in [5, 5.41) is 0. The fourth-order valence-electron chi connectivity index (χ4n) is 1.91. The second kappa shape index (κ2) is 5.19. The Morgan fingerprint density at radius 3 is 2.88 bits per heavy atom. The zero-order valence-corrected chi connectivity index (χ0v) is 11.5. The van der Waals surface area contributed by atoms with Gasteiger partial charge in [-0.05, 0) is 18.6 Å². The van der Waals surface area contributed by atoms with Crippen LogP contribution in [0.3, 0.4) is 0 Å². The first-order valence-electron chi connectivity index (χ1n) is 5.44. The molecule has 17 heavy (non-hydrogen) atoms. The van der Waals surface area contributed by atoms with Crippen molar-refractivity contribution >= 4 is 33.4 Å². The maximum atomic E-state index is 11.2. The molecule has 0 aliphatic rings. The van der Waals surface area contributed by atoms with E-state index in [9.17, 15) is 4.21 Å². The van der Waals surface area contributed by atoms with E-state index >= 15 is 0 Å². The van der Waals surface area contributed by atoms with Crippen LogP contribution in [-0.4, -0.2) is 25.8 Å². The van der Waals surface area contributed by atoms with Crippen LogP contribution >= 0.6 is 11.6 Å². The van der Waals surface area contributed by atoms with E-state index in [1.54, 1.807) is 6.26 Å². The summed E-state index contributed by atoms with van der Waals surface area (Å²) >= 11 is 5.91. The van der Waals surface area contributed by atoms with Crippen LogP contribution in [-0.2, 0) is 23.2 Å². The van der Waals surface area contributed by atoms with E-state index in [4.69, 9.17) is 11.6 Å². The van der Waals surface area contributed by atoms with Gasteiger partial charge in [0.1, 0.15) is 5.82 Å². The zero-order chi connectivity index (χ0) is 12.4. The van der Waals surface area contributed by atoms with E-state index < -0.39 is 10.8 Å². The molecule has 1 aromatic heterocycles. The van der Waals surface area contributed by atoms with Crippen molar-refractivity contribution in [2.24, 2.45) is 0 Å². The van der Waals surface area contributed by atoms with Crippen molar-refractivity contribution in [2.75, 3.05) is 12.0 Å². The van der Waals surface area contributed by atoms with Gasteiger partial charge in [0.15, 0.2) is 0 Å². The molecule has 1 aromatic carbocycles.